The summed E-state index contributed by atoms with van der Waals surface area (Å²) < 4.78 is 24.5. The molecule has 1 fully saturated rings. The molecule has 2 rings (SSSR count). The highest BCUT2D eigenvalue weighted by Gasteiger charge is 2.21. The second-order valence-corrected chi connectivity index (χ2v) is 6.96. The number of nitrogens with one attached hydrogen (secondary N) is 2. The maximum absolute atomic E-state index is 13.4. The first kappa shape index (κ1) is 19.7. The second kappa shape index (κ2) is 9.73. The highest BCUT2D eigenvalue weighted by atomic mass is 19.1. The van der Waals surface area contributed by atoms with Crippen molar-refractivity contribution in [2.45, 2.75) is 38.2 Å². The van der Waals surface area contributed by atoms with Crippen molar-refractivity contribution in [3.8, 4) is 0 Å². The van der Waals surface area contributed by atoms with Crippen LogP contribution in [0.1, 0.15) is 32.3 Å². The van der Waals surface area contributed by atoms with E-state index in [4.69, 9.17) is 9.47 Å². The fraction of sp³-hybridized carbons (Fsp3) is 0.632. The molecule has 0 bridgehead atoms. The average Bonchev–Trinajstić information content (AvgIpc) is 3.10. The minimum absolute atomic E-state index is 0.203. The van der Waals surface area contributed by atoms with E-state index in [2.05, 4.69) is 29.5 Å². The van der Waals surface area contributed by atoms with E-state index in [0.717, 1.165) is 37.5 Å². The van der Waals surface area contributed by atoms with Crippen molar-refractivity contribution in [2.24, 2.45) is 4.99 Å². The Hall–Kier alpha value is -1.66. The number of benzene rings is 1. The molecule has 1 aliphatic heterocycles. The average molecular weight is 351 g/mol. The van der Waals surface area contributed by atoms with E-state index in [-0.39, 0.29) is 17.3 Å². The van der Waals surface area contributed by atoms with Crippen LogP contribution in [0.15, 0.2) is 29.3 Å². The van der Waals surface area contributed by atoms with Crippen LogP contribution < -0.4 is 10.6 Å². The Kier molecular flexibility index (Phi) is 7.65. The first-order valence-corrected chi connectivity index (χ1v) is 8.91. The highest BCUT2D eigenvalue weighted by molar-refractivity contribution is 5.79. The summed E-state index contributed by atoms with van der Waals surface area (Å²) in [7, 11) is 1.75. The molecule has 1 saturated heterocycles. The number of rotatable bonds is 8. The summed E-state index contributed by atoms with van der Waals surface area (Å²) in [5.41, 5.74) is 0.758. The lowest BCUT2D eigenvalue weighted by Gasteiger charge is -2.27. The molecule has 2 N–H and O–H groups in total. The van der Waals surface area contributed by atoms with Crippen molar-refractivity contribution in [1.82, 2.24) is 10.6 Å². The Bertz CT molecular complexity index is 557. The molecular formula is C19H30FN3O2. The molecule has 25 heavy (non-hydrogen) atoms. The van der Waals surface area contributed by atoms with Gasteiger partial charge in [0.15, 0.2) is 5.96 Å². The van der Waals surface area contributed by atoms with Gasteiger partial charge in [0.1, 0.15) is 5.82 Å². The van der Waals surface area contributed by atoms with Gasteiger partial charge >= 0.3 is 0 Å². The predicted octanol–water partition coefficient (Wildman–Crippen LogP) is 2.46. The van der Waals surface area contributed by atoms with Crippen LogP contribution in [0.2, 0.25) is 0 Å². The van der Waals surface area contributed by atoms with Crippen LogP contribution in [0.5, 0.6) is 0 Å². The Balaban J connectivity index is 1.68. The van der Waals surface area contributed by atoms with E-state index >= 15 is 0 Å². The van der Waals surface area contributed by atoms with Gasteiger partial charge in [-0.3, -0.25) is 4.99 Å². The predicted molar refractivity (Wildman–Crippen MR) is 98.6 cm³/mol. The van der Waals surface area contributed by atoms with Gasteiger partial charge in [-0.05, 0) is 30.5 Å². The Morgan fingerprint density at radius 1 is 1.40 bits per heavy atom. The summed E-state index contributed by atoms with van der Waals surface area (Å²) in [4.78, 5) is 4.24. The SMILES string of the molecule is CN=C(NCCCOC1CCOC1)NCC(C)(C)c1cccc(F)c1. The number of hydrogen-bond donors (Lipinski definition) is 2. The van der Waals surface area contributed by atoms with E-state index in [1.165, 1.54) is 6.07 Å². The van der Waals surface area contributed by atoms with Crippen LogP contribution in [-0.2, 0) is 14.9 Å². The number of guanidine groups is 1. The first-order chi connectivity index (χ1) is 12.0. The fourth-order valence-electron chi connectivity index (χ4n) is 2.71. The van der Waals surface area contributed by atoms with E-state index in [9.17, 15) is 4.39 Å². The maximum Gasteiger partial charge on any atom is 0.191 e. The van der Waals surface area contributed by atoms with Crippen LogP contribution in [-0.4, -0.2) is 52.0 Å². The summed E-state index contributed by atoms with van der Waals surface area (Å²) >= 11 is 0. The largest absolute Gasteiger partial charge is 0.379 e. The quantitative estimate of drug-likeness (QED) is 0.429. The Labute approximate surface area is 150 Å². The van der Waals surface area contributed by atoms with Crippen LogP contribution in [0, 0.1) is 5.82 Å². The molecule has 1 aromatic rings. The third-order valence-electron chi connectivity index (χ3n) is 4.38. The molecule has 0 aliphatic carbocycles. The number of hydrogen-bond acceptors (Lipinski definition) is 3. The van der Waals surface area contributed by atoms with Crippen LogP contribution in [0.25, 0.3) is 0 Å². The Morgan fingerprint density at radius 2 is 2.24 bits per heavy atom. The lowest BCUT2D eigenvalue weighted by Crippen LogP contribution is -2.43. The summed E-state index contributed by atoms with van der Waals surface area (Å²) in [5, 5.41) is 6.60. The molecule has 1 aliphatic rings. The van der Waals surface area contributed by atoms with Crippen molar-refractivity contribution >= 4 is 5.96 Å². The molecule has 0 spiro atoms. The summed E-state index contributed by atoms with van der Waals surface area (Å²) in [6.45, 7) is 7.85. The monoisotopic (exact) mass is 351 g/mol. The minimum atomic E-state index is -0.208. The van der Waals surface area contributed by atoms with Crippen LogP contribution in [0.3, 0.4) is 0 Å². The van der Waals surface area contributed by atoms with Gasteiger partial charge in [-0.25, -0.2) is 4.39 Å². The van der Waals surface area contributed by atoms with Gasteiger partial charge in [0, 0.05) is 38.8 Å². The van der Waals surface area contributed by atoms with Crippen molar-refractivity contribution in [3.63, 3.8) is 0 Å². The molecular weight excluding hydrogens is 321 g/mol. The zero-order valence-corrected chi connectivity index (χ0v) is 15.5. The lowest BCUT2D eigenvalue weighted by atomic mass is 9.84. The van der Waals surface area contributed by atoms with Gasteiger partial charge in [0.25, 0.3) is 0 Å². The van der Waals surface area contributed by atoms with Crippen molar-refractivity contribution < 1.29 is 13.9 Å². The first-order valence-electron chi connectivity index (χ1n) is 8.91. The van der Waals surface area contributed by atoms with E-state index in [1.54, 1.807) is 19.2 Å². The molecule has 5 nitrogen and oxygen atoms in total. The van der Waals surface area contributed by atoms with Gasteiger partial charge in [-0.15, -0.1) is 0 Å². The minimum Gasteiger partial charge on any atom is -0.379 e. The molecule has 0 amide bonds. The molecule has 6 heteroatoms. The fourth-order valence-corrected chi connectivity index (χ4v) is 2.71. The maximum atomic E-state index is 13.4. The number of ether oxygens (including phenoxy) is 2. The second-order valence-electron chi connectivity index (χ2n) is 6.96. The zero-order chi connectivity index (χ0) is 18.1. The van der Waals surface area contributed by atoms with Gasteiger partial charge in [0.05, 0.1) is 12.7 Å². The van der Waals surface area contributed by atoms with Gasteiger partial charge in [0.2, 0.25) is 0 Å². The van der Waals surface area contributed by atoms with E-state index in [1.807, 2.05) is 6.07 Å². The van der Waals surface area contributed by atoms with Crippen LogP contribution in [0.4, 0.5) is 4.39 Å². The standard InChI is InChI=1S/C19H30FN3O2/c1-19(2,15-6-4-7-16(20)12-15)14-23-18(21-3)22-9-5-10-25-17-8-11-24-13-17/h4,6-7,12,17H,5,8-11,13-14H2,1-3H3,(H2,21,22,23). The third kappa shape index (κ3) is 6.63. The molecule has 0 aromatic heterocycles. The van der Waals surface area contributed by atoms with E-state index in [0.29, 0.717) is 19.8 Å². The number of nitrogens with zero attached hydrogens (tertiary/aromatic N) is 1. The summed E-state index contributed by atoms with van der Waals surface area (Å²) in [6.07, 6.45) is 2.15. The Morgan fingerprint density at radius 3 is 2.92 bits per heavy atom. The van der Waals surface area contributed by atoms with Crippen molar-refractivity contribution in [3.05, 3.63) is 35.6 Å². The van der Waals surface area contributed by atoms with Gasteiger partial charge in [-0.1, -0.05) is 26.0 Å². The lowest BCUT2D eigenvalue weighted by molar-refractivity contribution is 0.0420. The zero-order valence-electron chi connectivity index (χ0n) is 15.5. The highest BCUT2D eigenvalue weighted by Crippen LogP contribution is 2.22. The molecule has 0 saturated carbocycles. The van der Waals surface area contributed by atoms with Crippen molar-refractivity contribution in [1.29, 1.82) is 0 Å². The summed E-state index contributed by atoms with van der Waals surface area (Å²) in [6, 6.07) is 6.75. The normalized spacial score (nSPS) is 18.4. The molecule has 1 unspecified atom stereocenters. The van der Waals surface area contributed by atoms with Gasteiger partial charge in [-0.2, -0.15) is 0 Å². The third-order valence-corrected chi connectivity index (χ3v) is 4.38. The number of aliphatic imine (C=N–C) groups is 1. The van der Waals surface area contributed by atoms with Crippen molar-refractivity contribution in [2.75, 3.05) is 40.0 Å². The summed E-state index contributed by atoms with van der Waals surface area (Å²) in [5.74, 6) is 0.537. The number of halogens is 1. The molecule has 1 aromatic carbocycles. The smallest absolute Gasteiger partial charge is 0.191 e. The van der Waals surface area contributed by atoms with E-state index < -0.39 is 0 Å². The topological polar surface area (TPSA) is 54.9 Å². The molecule has 140 valence electrons. The molecule has 1 atom stereocenters. The van der Waals surface area contributed by atoms with Gasteiger partial charge < -0.3 is 20.1 Å². The van der Waals surface area contributed by atoms with Crippen LogP contribution >= 0.6 is 0 Å². The molecule has 1 heterocycles. The molecule has 0 radical (unpaired) electrons.